The van der Waals surface area contributed by atoms with Crippen LogP contribution in [0.1, 0.15) is 19.8 Å². The number of nitrogens with one attached hydrogen (secondary N) is 2. The van der Waals surface area contributed by atoms with Gasteiger partial charge in [0, 0.05) is 13.3 Å². The lowest BCUT2D eigenvalue weighted by molar-refractivity contribution is -0.116. The van der Waals surface area contributed by atoms with Crippen molar-refractivity contribution in [2.24, 2.45) is 5.73 Å². The van der Waals surface area contributed by atoms with Gasteiger partial charge in [-0.3, -0.25) is 9.59 Å². The van der Waals surface area contributed by atoms with Crippen LogP contribution in [0.3, 0.4) is 0 Å². The summed E-state index contributed by atoms with van der Waals surface area (Å²) in [7, 11) is 0. The Hall–Kier alpha value is -1.88. The van der Waals surface area contributed by atoms with E-state index < -0.39 is 0 Å². The van der Waals surface area contributed by atoms with Crippen LogP contribution in [0.4, 0.5) is 11.4 Å². The molecule has 0 aromatic heterocycles. The van der Waals surface area contributed by atoms with Gasteiger partial charge in [0.15, 0.2) is 0 Å². The van der Waals surface area contributed by atoms with E-state index in [1.807, 2.05) is 0 Å². The normalized spacial score (nSPS) is 9.76. The van der Waals surface area contributed by atoms with Crippen LogP contribution in [-0.4, -0.2) is 18.4 Å². The third-order valence-corrected chi connectivity index (χ3v) is 2.12. The smallest absolute Gasteiger partial charge is 0.224 e. The molecule has 0 atom stereocenters. The minimum absolute atomic E-state index is 0.103. The van der Waals surface area contributed by atoms with Crippen LogP contribution >= 0.6 is 0 Å². The van der Waals surface area contributed by atoms with E-state index in [-0.39, 0.29) is 11.8 Å². The fourth-order valence-corrected chi connectivity index (χ4v) is 1.37. The minimum Gasteiger partial charge on any atom is -0.330 e. The quantitative estimate of drug-likeness (QED) is 0.719. The van der Waals surface area contributed by atoms with Crippen LogP contribution in [0.2, 0.25) is 0 Å². The molecule has 1 aromatic carbocycles. The van der Waals surface area contributed by atoms with E-state index in [2.05, 4.69) is 10.6 Å². The predicted molar refractivity (Wildman–Crippen MR) is 67.7 cm³/mol. The molecule has 0 saturated carbocycles. The highest BCUT2D eigenvalue weighted by Crippen LogP contribution is 2.20. The zero-order valence-corrected chi connectivity index (χ0v) is 9.82. The summed E-state index contributed by atoms with van der Waals surface area (Å²) in [5.74, 6) is -0.276. The standard InChI is InChI=1S/C12H17N3O2/c1-9(16)14-10-5-2-3-6-11(10)15-12(17)7-4-8-13/h2-3,5-6H,4,7-8,13H2,1H3,(H,14,16)(H,15,17). The summed E-state index contributed by atoms with van der Waals surface area (Å²) < 4.78 is 0. The molecular formula is C12H17N3O2. The van der Waals surface area contributed by atoms with Gasteiger partial charge in [0.25, 0.3) is 0 Å². The maximum Gasteiger partial charge on any atom is 0.224 e. The molecule has 0 radical (unpaired) electrons. The molecule has 0 aliphatic rings. The zero-order chi connectivity index (χ0) is 12.7. The Balaban J connectivity index is 2.69. The second-order valence-corrected chi connectivity index (χ2v) is 3.67. The van der Waals surface area contributed by atoms with Gasteiger partial charge in [-0.05, 0) is 25.1 Å². The third kappa shape index (κ3) is 4.65. The van der Waals surface area contributed by atoms with Gasteiger partial charge in [0.05, 0.1) is 11.4 Å². The van der Waals surface area contributed by atoms with Gasteiger partial charge in [0.2, 0.25) is 11.8 Å². The van der Waals surface area contributed by atoms with Gasteiger partial charge < -0.3 is 16.4 Å². The van der Waals surface area contributed by atoms with E-state index in [1.165, 1.54) is 6.92 Å². The van der Waals surface area contributed by atoms with Crippen LogP contribution in [0.5, 0.6) is 0 Å². The van der Waals surface area contributed by atoms with Crippen molar-refractivity contribution in [2.45, 2.75) is 19.8 Å². The van der Waals surface area contributed by atoms with E-state index in [0.29, 0.717) is 30.8 Å². The molecule has 5 nitrogen and oxygen atoms in total. The fourth-order valence-electron chi connectivity index (χ4n) is 1.37. The average molecular weight is 235 g/mol. The van der Waals surface area contributed by atoms with Crippen molar-refractivity contribution in [2.75, 3.05) is 17.2 Å². The second kappa shape index (κ2) is 6.65. The van der Waals surface area contributed by atoms with Crippen molar-refractivity contribution in [1.82, 2.24) is 0 Å². The number of nitrogens with two attached hydrogens (primary N) is 1. The Morgan fingerprint density at radius 2 is 1.76 bits per heavy atom. The molecule has 92 valence electrons. The molecular weight excluding hydrogens is 218 g/mol. The number of hydrogen-bond acceptors (Lipinski definition) is 3. The number of amides is 2. The maximum absolute atomic E-state index is 11.5. The van der Waals surface area contributed by atoms with E-state index in [9.17, 15) is 9.59 Å². The minimum atomic E-state index is -0.173. The average Bonchev–Trinajstić information content (AvgIpc) is 2.28. The maximum atomic E-state index is 11.5. The van der Waals surface area contributed by atoms with Crippen molar-refractivity contribution in [3.8, 4) is 0 Å². The number of anilines is 2. The first kappa shape index (κ1) is 13.2. The van der Waals surface area contributed by atoms with Crippen molar-refractivity contribution >= 4 is 23.2 Å². The molecule has 4 N–H and O–H groups in total. The summed E-state index contributed by atoms with van der Waals surface area (Å²) in [5.41, 5.74) is 6.53. The van der Waals surface area contributed by atoms with Gasteiger partial charge in [0.1, 0.15) is 0 Å². The van der Waals surface area contributed by atoms with Crippen LogP contribution < -0.4 is 16.4 Å². The summed E-state index contributed by atoms with van der Waals surface area (Å²) in [5, 5.41) is 5.40. The number of carbonyl (C=O) groups is 2. The molecule has 0 aliphatic heterocycles. The first-order valence-electron chi connectivity index (χ1n) is 5.50. The molecule has 0 saturated heterocycles. The van der Waals surface area contributed by atoms with E-state index in [4.69, 9.17) is 5.73 Å². The van der Waals surface area contributed by atoms with Gasteiger partial charge in [-0.1, -0.05) is 12.1 Å². The molecule has 1 aromatic rings. The molecule has 17 heavy (non-hydrogen) atoms. The molecule has 1 rings (SSSR count). The van der Waals surface area contributed by atoms with Crippen LogP contribution in [0.15, 0.2) is 24.3 Å². The highest BCUT2D eigenvalue weighted by atomic mass is 16.2. The monoisotopic (exact) mass is 235 g/mol. The predicted octanol–water partition coefficient (Wildman–Crippen LogP) is 1.32. The van der Waals surface area contributed by atoms with Gasteiger partial charge >= 0.3 is 0 Å². The summed E-state index contributed by atoms with van der Waals surface area (Å²) in [6.45, 7) is 1.91. The highest BCUT2D eigenvalue weighted by molar-refractivity contribution is 5.98. The van der Waals surface area contributed by atoms with E-state index in [1.54, 1.807) is 24.3 Å². The number of benzene rings is 1. The van der Waals surface area contributed by atoms with Gasteiger partial charge in [-0.15, -0.1) is 0 Å². The van der Waals surface area contributed by atoms with Crippen LogP contribution in [0.25, 0.3) is 0 Å². The SMILES string of the molecule is CC(=O)Nc1ccccc1NC(=O)CCCN. The Morgan fingerprint density at radius 1 is 1.18 bits per heavy atom. The summed E-state index contributed by atoms with van der Waals surface area (Å²) in [6.07, 6.45) is 1.03. The number of hydrogen-bond donors (Lipinski definition) is 3. The first-order chi connectivity index (χ1) is 8.13. The number of rotatable bonds is 5. The Kier molecular flexibility index (Phi) is 5.16. The first-order valence-corrected chi connectivity index (χ1v) is 5.50. The molecule has 2 amide bonds. The summed E-state index contributed by atoms with van der Waals surface area (Å²) in [4.78, 5) is 22.5. The molecule has 5 heteroatoms. The van der Waals surface area contributed by atoms with Gasteiger partial charge in [-0.25, -0.2) is 0 Å². The lowest BCUT2D eigenvalue weighted by Crippen LogP contribution is -2.15. The summed E-state index contributed by atoms with van der Waals surface area (Å²) >= 11 is 0. The van der Waals surface area contributed by atoms with E-state index >= 15 is 0 Å². The van der Waals surface area contributed by atoms with Crippen LogP contribution in [-0.2, 0) is 9.59 Å². The molecule has 0 spiro atoms. The largest absolute Gasteiger partial charge is 0.330 e. The molecule has 0 fully saturated rings. The highest BCUT2D eigenvalue weighted by Gasteiger charge is 2.06. The van der Waals surface area contributed by atoms with Crippen molar-refractivity contribution in [3.63, 3.8) is 0 Å². The Labute approximate surface area is 100 Å². The van der Waals surface area contributed by atoms with Crippen molar-refractivity contribution in [1.29, 1.82) is 0 Å². The molecule has 0 unspecified atom stereocenters. The Morgan fingerprint density at radius 3 is 2.29 bits per heavy atom. The lowest BCUT2D eigenvalue weighted by atomic mass is 10.2. The molecule has 0 heterocycles. The van der Waals surface area contributed by atoms with Gasteiger partial charge in [-0.2, -0.15) is 0 Å². The van der Waals surface area contributed by atoms with Crippen LogP contribution in [0, 0.1) is 0 Å². The summed E-state index contributed by atoms with van der Waals surface area (Å²) in [6, 6.07) is 7.07. The zero-order valence-electron chi connectivity index (χ0n) is 9.82. The molecule has 0 aliphatic carbocycles. The second-order valence-electron chi connectivity index (χ2n) is 3.67. The fraction of sp³-hybridized carbons (Fsp3) is 0.333. The topological polar surface area (TPSA) is 84.2 Å². The number of carbonyl (C=O) groups excluding carboxylic acids is 2. The third-order valence-electron chi connectivity index (χ3n) is 2.12. The molecule has 0 bridgehead atoms. The van der Waals surface area contributed by atoms with Crippen molar-refractivity contribution < 1.29 is 9.59 Å². The Bertz CT molecular complexity index is 404. The van der Waals surface area contributed by atoms with E-state index in [0.717, 1.165) is 0 Å². The number of para-hydroxylation sites is 2. The lowest BCUT2D eigenvalue weighted by Gasteiger charge is -2.10. The van der Waals surface area contributed by atoms with Crippen molar-refractivity contribution in [3.05, 3.63) is 24.3 Å².